The standard InChI is InChI=1S/C17H20N6O4.C17H20N4O2.C9H18ClN2OP.C9H7N5O.C9H6N2O2.C8H6N4O.C7H13ClO.C5H3ClO2.CH3NO.3CH4.H4N2/c1-22(2)9-20-16-14-15(11-4-3-5-26-11)21-23(17(14)19-8-18-16)13-6-10(25)12(7-24)27-13;1-3-10-9(2)7-12(23-10)15-16-13(17(18)20-8-19-16)14(21-15)11-5-4-6-22-11;1-8(2)12(9(3)4)14(10)13-7-5-6-11;10-8-6-7(5-2-1-3-15-5)13-14-9(6)12-4-11-8;1-10-9(11-2)8(12-3)7-5-4-6-13-7;1-10-7-6(11-12-8(7)9)5-3-2-4-13-5;1-3-6-5(2)4-7(8)9-6;6-5(7)4-2-1-3-8-4;2-1-3;;;;1-2/h3-5,8-10,12-13,24-25H,6-7H2,1-2H3;4-6,8-10,12,15H,3,7H2,1-2H3,(H2,18,19,20);8-9H,5,7H2,1-4H3;1-4H,(H3,10,11,12,13,14);4-6H,3H3;2-4H,(H3,9,11,12);5-7H,3-4H2,1-2H3;1-3H;1H,(H2,2,3);3*1H4;1-2H2. The molecular weight excluding hydrogens is 1760 g/mol. The highest BCUT2D eigenvalue weighted by Gasteiger charge is 2.43. The highest BCUT2D eigenvalue weighted by molar-refractivity contribution is 7.78. The molecular formula is C85H112Cl3N26O15P. The molecule has 41 nitrogen and oxygen atoms in total. The van der Waals surface area contributed by atoms with Crippen molar-refractivity contribution in [1.82, 2.24) is 69.6 Å². The maximum absolute atomic E-state index is 10.2. The van der Waals surface area contributed by atoms with Crippen LogP contribution in [0.5, 0.6) is 0 Å². The Hall–Kier alpha value is -12.8. The average molecular weight is 1880 g/mol. The molecule has 3 saturated heterocycles. The number of alkyl halides is 1. The van der Waals surface area contributed by atoms with Crippen molar-refractivity contribution in [2.24, 2.45) is 39.2 Å². The maximum atomic E-state index is 10.2. The number of anilines is 3. The summed E-state index contributed by atoms with van der Waals surface area (Å²) in [6.07, 6.45) is 18.8. The summed E-state index contributed by atoms with van der Waals surface area (Å²) in [4.78, 5) is 64.3. The quantitative estimate of drug-likeness (QED) is 0.00289. The molecule has 0 radical (unpaired) electrons. The Morgan fingerprint density at radius 1 is 0.731 bits per heavy atom. The number of amides is 1. The Labute approximate surface area is 769 Å². The Balaban J connectivity index is 0.000000316. The van der Waals surface area contributed by atoms with Gasteiger partial charge < -0.3 is 88.0 Å². The van der Waals surface area contributed by atoms with E-state index in [0.29, 0.717) is 141 Å². The number of furan rings is 6. The van der Waals surface area contributed by atoms with Crippen molar-refractivity contribution < 1.29 is 69.8 Å². The predicted octanol–water partition coefficient (Wildman–Crippen LogP) is 16.5. The molecule has 0 saturated carbocycles. The molecule has 16 heterocycles. The summed E-state index contributed by atoms with van der Waals surface area (Å²) in [5, 5.41) is 46.4. The molecule has 11 unspecified atom stereocenters. The molecule has 3 fully saturated rings. The average Bonchev–Trinajstić information content (AvgIpc) is 1.62. The number of methoxy groups -OCH3 is 1. The number of aliphatic hydroxyl groups is 2. The van der Waals surface area contributed by atoms with Crippen molar-refractivity contribution in [2.75, 3.05) is 51.6 Å². The zero-order chi connectivity index (χ0) is 92.8. The molecule has 12 aromatic heterocycles. The van der Waals surface area contributed by atoms with E-state index in [4.69, 9.17) is 132 Å². The highest BCUT2D eigenvalue weighted by Crippen LogP contribution is 2.50. The number of aromatic amines is 2. The van der Waals surface area contributed by atoms with Gasteiger partial charge in [-0.3, -0.25) is 36.5 Å². The number of ether oxygens (including phenoxy) is 4. The lowest BCUT2D eigenvalue weighted by atomic mass is 9.96. The summed E-state index contributed by atoms with van der Waals surface area (Å²) in [5.41, 5.74) is 26.9. The number of rotatable bonds is 20. The van der Waals surface area contributed by atoms with Crippen LogP contribution in [0.15, 0.2) is 172 Å². The lowest BCUT2D eigenvalue weighted by molar-refractivity contribution is -0.106. The fourth-order valence-electron chi connectivity index (χ4n) is 13.0. The van der Waals surface area contributed by atoms with Gasteiger partial charge in [0.25, 0.3) is 16.7 Å². The lowest BCUT2D eigenvalue weighted by Crippen LogP contribution is -2.31. The van der Waals surface area contributed by atoms with E-state index in [2.05, 4.69) is 157 Å². The van der Waals surface area contributed by atoms with E-state index in [-0.39, 0.29) is 82.3 Å². The molecule has 0 aromatic carbocycles. The number of primary amides is 1. The van der Waals surface area contributed by atoms with Crippen molar-refractivity contribution in [2.45, 2.75) is 177 Å². The minimum absolute atomic E-state index is 0. The van der Waals surface area contributed by atoms with Gasteiger partial charge >= 0.3 is 5.82 Å². The van der Waals surface area contributed by atoms with Gasteiger partial charge in [-0.25, -0.2) is 49.1 Å². The van der Waals surface area contributed by atoms with Gasteiger partial charge in [0.2, 0.25) is 14.1 Å². The van der Waals surface area contributed by atoms with Crippen LogP contribution in [0.4, 0.5) is 29.0 Å². The Morgan fingerprint density at radius 2 is 1.27 bits per heavy atom. The van der Waals surface area contributed by atoms with Gasteiger partial charge in [-0.05, 0) is 161 Å². The Bertz CT molecular complexity index is 5550. The number of nitrogens with one attached hydrogen (secondary N) is 2. The second kappa shape index (κ2) is 55.8. The smallest absolute Gasteiger partial charge is 0.498 e. The van der Waals surface area contributed by atoms with Crippen LogP contribution < -0.4 is 34.6 Å². The number of nitriles is 1. The number of carbonyl (C=O) groups excluding carboxylic acids is 2. The second-order valence-electron chi connectivity index (χ2n) is 27.9. The number of nitrogens with zero attached hydrogens (tertiary/aromatic N) is 18. The third-order valence-corrected chi connectivity index (χ3v) is 21.5. The molecule has 698 valence electrons. The number of nitrogen functional groups attached to an aromatic ring is 3. The topological polar surface area (TPSA) is 576 Å². The summed E-state index contributed by atoms with van der Waals surface area (Å²) in [6.45, 7) is 37.6. The van der Waals surface area contributed by atoms with Crippen molar-refractivity contribution in [3.63, 3.8) is 0 Å². The van der Waals surface area contributed by atoms with Crippen LogP contribution in [0.1, 0.15) is 162 Å². The summed E-state index contributed by atoms with van der Waals surface area (Å²) < 4.78 is 62.4. The van der Waals surface area contributed by atoms with Gasteiger partial charge in [0.15, 0.2) is 58.0 Å². The van der Waals surface area contributed by atoms with Crippen LogP contribution in [-0.4, -0.2) is 186 Å². The minimum atomic E-state index is -1.08. The van der Waals surface area contributed by atoms with Crippen LogP contribution in [0, 0.1) is 42.9 Å². The monoisotopic (exact) mass is 1870 g/mol. The van der Waals surface area contributed by atoms with E-state index in [9.17, 15) is 15.0 Å². The number of aromatic nitrogens is 12. The largest absolute Gasteiger partial charge is 0.565 e. The SMILES string of the molecule is C.C.C.CC(C)N(C(C)C)P(Cl)OCCC#N.CCC1OC(C2N=C(c3ccco3)c3c(N)ncnc32)CC1C.CCC1OC(Cl)CC1C.CN(C)C=Nc1ncnc2c1c(-c1ccco1)nn2C1CC(O)C(CO)O1.NC=O.NN.Nc1ncnc2n[nH]c(-c3ccco3)c12.O=C(Cl)c1ccco1.[C-]#[N+]C([N+]#[C-])=C(OC)c1ccco1.[C-]#[N+]c1c(N)n[nH]c1-c1ccco1. The number of H-pyrrole nitrogens is 2. The zero-order valence-corrected chi connectivity index (χ0v) is 74.3. The van der Waals surface area contributed by atoms with Crippen LogP contribution >= 0.6 is 42.1 Å². The lowest BCUT2D eigenvalue weighted by Gasteiger charge is -2.32. The molecule has 4 aliphatic rings. The number of hydrogen-bond donors (Lipinski definition) is 10. The van der Waals surface area contributed by atoms with Crippen LogP contribution in [0.3, 0.4) is 0 Å². The molecule has 11 atom stereocenters. The zero-order valence-electron chi connectivity index (χ0n) is 71.2. The fraction of sp³-hybridized carbons (Fsp3) is 0.400. The number of aliphatic hydroxyl groups excluding tert-OH is 2. The van der Waals surface area contributed by atoms with Gasteiger partial charge in [0.05, 0.1) is 130 Å². The minimum Gasteiger partial charge on any atom is -0.498 e. The van der Waals surface area contributed by atoms with Gasteiger partial charge in [-0.1, -0.05) is 61.6 Å². The summed E-state index contributed by atoms with van der Waals surface area (Å²) in [6, 6.07) is 23.4. The first-order valence-corrected chi connectivity index (χ1v) is 42.0. The van der Waals surface area contributed by atoms with E-state index in [0.717, 1.165) is 42.7 Å². The van der Waals surface area contributed by atoms with Crippen molar-refractivity contribution in [3.8, 4) is 40.4 Å². The molecule has 16 rings (SSSR count). The van der Waals surface area contributed by atoms with Crippen molar-refractivity contribution in [3.05, 3.63) is 198 Å². The summed E-state index contributed by atoms with van der Waals surface area (Å²) >= 11 is 16.9. The first kappa shape index (κ1) is 110. The number of aliphatic imine (C=N–C) groups is 2. The van der Waals surface area contributed by atoms with E-state index in [1.165, 1.54) is 50.9 Å². The van der Waals surface area contributed by atoms with E-state index >= 15 is 0 Å². The molecule has 16 N–H and O–H groups in total. The first-order valence-electron chi connectivity index (χ1n) is 39.1. The number of fused-ring (bicyclic) bond motifs is 3. The highest BCUT2D eigenvalue weighted by atomic mass is 35.7. The van der Waals surface area contributed by atoms with Gasteiger partial charge in [0.1, 0.15) is 90.0 Å². The van der Waals surface area contributed by atoms with Crippen LogP contribution in [0.25, 0.3) is 76.7 Å². The molecule has 130 heavy (non-hydrogen) atoms. The normalized spacial score (nSPS) is 18.2. The van der Waals surface area contributed by atoms with Crippen molar-refractivity contribution >= 4 is 123 Å². The molecule has 4 aliphatic heterocycles. The Morgan fingerprint density at radius 3 is 1.75 bits per heavy atom. The van der Waals surface area contributed by atoms with E-state index in [1.54, 1.807) is 83.2 Å². The molecule has 0 bridgehead atoms. The molecule has 0 spiro atoms. The van der Waals surface area contributed by atoms with E-state index in [1.807, 2.05) is 38.4 Å². The number of carbonyl (C=O) groups is 2. The second-order valence-corrected chi connectivity index (χ2v) is 30.8. The number of nitrogens with two attached hydrogens (primary N) is 6. The number of hydrazine groups is 1. The summed E-state index contributed by atoms with van der Waals surface area (Å²) in [7, 11) is 4.04. The fourth-order valence-corrected chi connectivity index (χ4v) is 15.8. The van der Waals surface area contributed by atoms with Gasteiger partial charge in [-0.2, -0.15) is 30.2 Å². The number of halogens is 3. The molecule has 12 aromatic rings. The molecule has 0 aliphatic carbocycles. The third-order valence-electron chi connectivity index (χ3n) is 18.5. The van der Waals surface area contributed by atoms with Gasteiger partial charge in [-0.15, -0.1) is 0 Å². The number of hydrogen-bond acceptors (Lipinski definition) is 33. The van der Waals surface area contributed by atoms with Crippen LogP contribution in [0.2, 0.25) is 0 Å². The van der Waals surface area contributed by atoms with Gasteiger partial charge in [0, 0.05) is 32.6 Å². The van der Waals surface area contributed by atoms with Crippen molar-refractivity contribution in [1.29, 1.82) is 5.26 Å². The van der Waals surface area contributed by atoms with E-state index < -0.39 is 31.3 Å². The molecule has 45 heteroatoms. The third kappa shape index (κ3) is 29.6. The predicted molar refractivity (Wildman–Crippen MR) is 497 cm³/mol. The molecule has 1 amide bonds. The Kier molecular flexibility index (Phi) is 47.0. The first-order chi connectivity index (χ1) is 61.2. The summed E-state index contributed by atoms with van der Waals surface area (Å²) in [5.74, 6) is 13.7. The maximum Gasteiger partial charge on any atom is 0.565 e. The van der Waals surface area contributed by atoms with Crippen LogP contribution in [-0.2, 0) is 28.3 Å².